The van der Waals surface area contributed by atoms with E-state index in [1.165, 1.54) is 18.5 Å². The van der Waals surface area contributed by atoms with Gasteiger partial charge in [0.15, 0.2) is 0 Å². The Morgan fingerprint density at radius 1 is 1.35 bits per heavy atom. The normalized spacial score (nSPS) is 11.9. The van der Waals surface area contributed by atoms with Crippen molar-refractivity contribution in [2.24, 2.45) is 0 Å². The van der Waals surface area contributed by atoms with Crippen molar-refractivity contribution in [1.82, 2.24) is 20.5 Å². The first kappa shape index (κ1) is 13.6. The Bertz CT molecular complexity index is 429. The fraction of sp³-hybridized carbons (Fsp3) is 0.273. The minimum Gasteiger partial charge on any atom is -0.310 e. The summed E-state index contributed by atoms with van der Waals surface area (Å²) < 4.78 is 12.7. The van der Waals surface area contributed by atoms with Crippen LogP contribution >= 0.6 is 12.4 Å². The summed E-state index contributed by atoms with van der Waals surface area (Å²) in [4.78, 5) is 4.10. The molecule has 0 aliphatic heterocycles. The van der Waals surface area contributed by atoms with Crippen molar-refractivity contribution in [3.05, 3.63) is 47.8 Å². The molecule has 2 N–H and O–H groups in total. The molecule has 0 aliphatic rings. The molecule has 2 rings (SSSR count). The summed E-state index contributed by atoms with van der Waals surface area (Å²) in [5.74, 6) is 0.566. The standard InChI is InChI=1S/C11H13FN4.ClH/c1-13-10(11-14-7-15-16-11)6-8-2-4-9(12)5-3-8;/h2-5,7,10,13H,6H2,1H3,(H,14,15,16);1H. The van der Waals surface area contributed by atoms with Crippen LogP contribution < -0.4 is 5.32 Å². The SMILES string of the molecule is CNC(Cc1ccc(F)cc1)c1ncn[nH]1.Cl. The Labute approximate surface area is 105 Å². The van der Waals surface area contributed by atoms with E-state index in [2.05, 4.69) is 20.5 Å². The van der Waals surface area contributed by atoms with Crippen LogP contribution in [-0.4, -0.2) is 22.2 Å². The van der Waals surface area contributed by atoms with Crippen LogP contribution in [0.1, 0.15) is 17.4 Å². The third-order valence-corrected chi connectivity index (χ3v) is 2.47. The number of benzene rings is 1. The van der Waals surface area contributed by atoms with Gasteiger partial charge in [-0.1, -0.05) is 12.1 Å². The number of aromatic nitrogens is 3. The van der Waals surface area contributed by atoms with E-state index < -0.39 is 0 Å². The summed E-state index contributed by atoms with van der Waals surface area (Å²) >= 11 is 0. The number of hydrogen-bond donors (Lipinski definition) is 2. The van der Waals surface area contributed by atoms with Gasteiger partial charge in [-0.05, 0) is 31.2 Å². The Hall–Kier alpha value is -1.46. The van der Waals surface area contributed by atoms with Crippen LogP contribution in [0.25, 0.3) is 0 Å². The molecule has 1 heterocycles. The number of nitrogens with one attached hydrogen (secondary N) is 2. The minimum absolute atomic E-state index is 0. The largest absolute Gasteiger partial charge is 0.310 e. The van der Waals surface area contributed by atoms with Gasteiger partial charge in [0.25, 0.3) is 0 Å². The average molecular weight is 257 g/mol. The molecule has 17 heavy (non-hydrogen) atoms. The number of likely N-dealkylation sites (N-methyl/N-ethyl adjacent to an activating group) is 1. The van der Waals surface area contributed by atoms with Gasteiger partial charge in [-0.25, -0.2) is 9.37 Å². The van der Waals surface area contributed by atoms with E-state index in [-0.39, 0.29) is 24.3 Å². The second-order valence-corrected chi connectivity index (χ2v) is 3.54. The van der Waals surface area contributed by atoms with Crippen molar-refractivity contribution >= 4 is 12.4 Å². The fourth-order valence-electron chi connectivity index (χ4n) is 1.57. The van der Waals surface area contributed by atoms with Crippen LogP contribution in [0.4, 0.5) is 4.39 Å². The predicted octanol–water partition coefficient (Wildman–Crippen LogP) is 1.87. The van der Waals surface area contributed by atoms with Gasteiger partial charge in [-0.2, -0.15) is 5.10 Å². The van der Waals surface area contributed by atoms with Gasteiger partial charge in [0.05, 0.1) is 6.04 Å². The van der Waals surface area contributed by atoms with Crippen LogP contribution in [0, 0.1) is 5.82 Å². The Kier molecular flexibility index (Phi) is 5.06. The van der Waals surface area contributed by atoms with Crippen molar-refractivity contribution in [3.63, 3.8) is 0 Å². The second kappa shape index (κ2) is 6.32. The smallest absolute Gasteiger partial charge is 0.141 e. The molecule has 92 valence electrons. The highest BCUT2D eigenvalue weighted by Gasteiger charge is 2.12. The summed E-state index contributed by atoms with van der Waals surface area (Å²) in [7, 11) is 1.86. The predicted molar refractivity (Wildman–Crippen MR) is 65.5 cm³/mol. The summed E-state index contributed by atoms with van der Waals surface area (Å²) in [6.45, 7) is 0. The molecule has 4 nitrogen and oxygen atoms in total. The minimum atomic E-state index is -0.218. The van der Waals surface area contributed by atoms with E-state index in [1.54, 1.807) is 12.1 Å². The highest BCUT2D eigenvalue weighted by Crippen LogP contribution is 2.14. The first-order chi connectivity index (χ1) is 7.79. The molecule has 0 fully saturated rings. The van der Waals surface area contributed by atoms with E-state index in [1.807, 2.05) is 7.05 Å². The third-order valence-electron chi connectivity index (χ3n) is 2.47. The second-order valence-electron chi connectivity index (χ2n) is 3.54. The molecule has 0 bridgehead atoms. The third kappa shape index (κ3) is 3.51. The van der Waals surface area contributed by atoms with Crippen molar-refractivity contribution in [2.45, 2.75) is 12.5 Å². The monoisotopic (exact) mass is 256 g/mol. The number of H-pyrrole nitrogens is 1. The number of rotatable bonds is 4. The molecule has 0 radical (unpaired) electrons. The van der Waals surface area contributed by atoms with Crippen molar-refractivity contribution < 1.29 is 4.39 Å². The first-order valence-corrected chi connectivity index (χ1v) is 5.06. The Morgan fingerprint density at radius 3 is 2.59 bits per heavy atom. The van der Waals surface area contributed by atoms with E-state index in [9.17, 15) is 4.39 Å². The quantitative estimate of drug-likeness (QED) is 0.878. The summed E-state index contributed by atoms with van der Waals surface area (Å²) in [6, 6.07) is 6.53. The molecule has 0 spiro atoms. The zero-order valence-corrected chi connectivity index (χ0v) is 10.2. The number of aromatic amines is 1. The van der Waals surface area contributed by atoms with Gasteiger partial charge >= 0.3 is 0 Å². The van der Waals surface area contributed by atoms with Crippen molar-refractivity contribution in [1.29, 1.82) is 0 Å². The summed E-state index contributed by atoms with van der Waals surface area (Å²) in [5.41, 5.74) is 1.05. The molecule has 0 saturated carbocycles. The van der Waals surface area contributed by atoms with Crippen LogP contribution in [0.5, 0.6) is 0 Å². The van der Waals surface area contributed by atoms with E-state index in [0.29, 0.717) is 0 Å². The van der Waals surface area contributed by atoms with Gasteiger partial charge in [-0.15, -0.1) is 12.4 Å². The number of halogens is 2. The van der Waals surface area contributed by atoms with Crippen molar-refractivity contribution in [3.8, 4) is 0 Å². The molecule has 1 atom stereocenters. The Balaban J connectivity index is 0.00000144. The van der Waals surface area contributed by atoms with Crippen LogP contribution in [0.3, 0.4) is 0 Å². The zero-order chi connectivity index (χ0) is 11.4. The van der Waals surface area contributed by atoms with Gasteiger partial charge in [0, 0.05) is 0 Å². The molecule has 1 aromatic heterocycles. The maximum Gasteiger partial charge on any atom is 0.141 e. The van der Waals surface area contributed by atoms with Crippen molar-refractivity contribution in [2.75, 3.05) is 7.05 Å². The van der Waals surface area contributed by atoms with Gasteiger partial charge < -0.3 is 5.32 Å². The lowest BCUT2D eigenvalue weighted by Crippen LogP contribution is -2.20. The lowest BCUT2D eigenvalue weighted by atomic mass is 10.1. The molecule has 1 unspecified atom stereocenters. The molecular weight excluding hydrogens is 243 g/mol. The maximum atomic E-state index is 12.7. The summed E-state index contributed by atoms with van der Waals surface area (Å²) in [5, 5.41) is 9.77. The van der Waals surface area contributed by atoms with Gasteiger partial charge in [-0.3, -0.25) is 5.10 Å². The average Bonchev–Trinajstić information content (AvgIpc) is 2.82. The fourth-order valence-corrected chi connectivity index (χ4v) is 1.57. The molecule has 0 saturated heterocycles. The highest BCUT2D eigenvalue weighted by molar-refractivity contribution is 5.85. The number of hydrogen-bond acceptors (Lipinski definition) is 3. The van der Waals surface area contributed by atoms with Gasteiger partial charge in [0.2, 0.25) is 0 Å². The molecular formula is C11H14ClFN4. The molecule has 1 aromatic carbocycles. The topological polar surface area (TPSA) is 53.6 Å². The lowest BCUT2D eigenvalue weighted by Gasteiger charge is -2.12. The lowest BCUT2D eigenvalue weighted by molar-refractivity contribution is 0.558. The Morgan fingerprint density at radius 2 is 2.06 bits per heavy atom. The van der Waals surface area contributed by atoms with Crippen LogP contribution in [-0.2, 0) is 6.42 Å². The molecule has 2 aromatic rings. The van der Waals surface area contributed by atoms with Crippen LogP contribution in [0.2, 0.25) is 0 Å². The van der Waals surface area contributed by atoms with E-state index in [4.69, 9.17) is 0 Å². The van der Waals surface area contributed by atoms with Crippen LogP contribution in [0.15, 0.2) is 30.6 Å². The van der Waals surface area contributed by atoms with E-state index in [0.717, 1.165) is 17.8 Å². The first-order valence-electron chi connectivity index (χ1n) is 5.06. The zero-order valence-electron chi connectivity index (χ0n) is 9.35. The molecule has 6 heteroatoms. The molecule has 0 aliphatic carbocycles. The molecule has 0 amide bonds. The highest BCUT2D eigenvalue weighted by atomic mass is 35.5. The van der Waals surface area contributed by atoms with Gasteiger partial charge in [0.1, 0.15) is 18.0 Å². The van der Waals surface area contributed by atoms with E-state index >= 15 is 0 Å². The number of nitrogens with zero attached hydrogens (tertiary/aromatic N) is 2. The maximum absolute atomic E-state index is 12.7. The summed E-state index contributed by atoms with van der Waals surface area (Å²) in [6.07, 6.45) is 2.22.